The Labute approximate surface area is 117 Å². The molecule has 0 heterocycles. The zero-order chi connectivity index (χ0) is 14.6. The maximum atomic E-state index is 12.1. The zero-order valence-electron chi connectivity index (χ0n) is 11.2. The Kier molecular flexibility index (Phi) is 5.36. The minimum Gasteiger partial charge on any atom is -0.480 e. The molecule has 0 aliphatic heterocycles. The van der Waals surface area contributed by atoms with Crippen LogP contribution in [0.3, 0.4) is 0 Å². The van der Waals surface area contributed by atoms with Crippen LogP contribution in [-0.4, -0.2) is 23.0 Å². The van der Waals surface area contributed by atoms with Gasteiger partial charge in [-0.3, -0.25) is 4.79 Å². The van der Waals surface area contributed by atoms with E-state index in [0.29, 0.717) is 22.6 Å². The molecule has 0 bridgehead atoms. The third kappa shape index (κ3) is 4.24. The molecular formula is C14H18ClNO3. The molecule has 2 N–H and O–H groups in total. The van der Waals surface area contributed by atoms with Gasteiger partial charge in [0.2, 0.25) is 0 Å². The van der Waals surface area contributed by atoms with Gasteiger partial charge in [-0.2, -0.15) is 0 Å². The number of hydrogen-bond donors (Lipinski definition) is 2. The van der Waals surface area contributed by atoms with Gasteiger partial charge in [0, 0.05) is 10.6 Å². The van der Waals surface area contributed by atoms with E-state index in [9.17, 15) is 9.59 Å². The van der Waals surface area contributed by atoms with Crippen LogP contribution >= 0.6 is 11.6 Å². The average molecular weight is 284 g/mol. The molecule has 0 aromatic heterocycles. The highest BCUT2D eigenvalue weighted by molar-refractivity contribution is 6.31. The van der Waals surface area contributed by atoms with Crippen LogP contribution in [0.1, 0.15) is 36.2 Å². The lowest BCUT2D eigenvalue weighted by Gasteiger charge is -2.17. The number of carboxylic acid groups (broad SMARTS) is 1. The highest BCUT2D eigenvalue weighted by Crippen LogP contribution is 2.19. The van der Waals surface area contributed by atoms with Gasteiger partial charge in [-0.15, -0.1) is 0 Å². The minimum atomic E-state index is -1.03. The molecule has 4 nitrogen and oxygen atoms in total. The van der Waals surface area contributed by atoms with Gasteiger partial charge in [-0.05, 0) is 37.0 Å². The van der Waals surface area contributed by atoms with Crippen molar-refractivity contribution in [2.75, 3.05) is 0 Å². The zero-order valence-corrected chi connectivity index (χ0v) is 12.0. The van der Waals surface area contributed by atoms with Crippen LogP contribution in [0, 0.1) is 12.8 Å². The van der Waals surface area contributed by atoms with Crippen LogP contribution in [0.25, 0.3) is 0 Å². The van der Waals surface area contributed by atoms with Crippen LogP contribution in [0.5, 0.6) is 0 Å². The van der Waals surface area contributed by atoms with Crippen molar-refractivity contribution in [1.29, 1.82) is 0 Å². The quantitative estimate of drug-likeness (QED) is 0.873. The van der Waals surface area contributed by atoms with Gasteiger partial charge in [0.15, 0.2) is 0 Å². The molecule has 1 aromatic carbocycles. The Morgan fingerprint density at radius 1 is 1.37 bits per heavy atom. The van der Waals surface area contributed by atoms with Crippen molar-refractivity contribution >= 4 is 23.5 Å². The molecule has 0 unspecified atom stereocenters. The number of halogens is 1. The van der Waals surface area contributed by atoms with Crippen LogP contribution in [0.2, 0.25) is 5.02 Å². The van der Waals surface area contributed by atoms with E-state index < -0.39 is 17.9 Å². The van der Waals surface area contributed by atoms with E-state index in [4.69, 9.17) is 16.7 Å². The number of nitrogens with one attached hydrogen (secondary N) is 1. The average Bonchev–Trinajstić information content (AvgIpc) is 2.31. The molecule has 1 atom stereocenters. The van der Waals surface area contributed by atoms with Gasteiger partial charge in [0.25, 0.3) is 5.91 Å². The molecule has 0 saturated carbocycles. The van der Waals surface area contributed by atoms with E-state index in [-0.39, 0.29) is 5.92 Å². The van der Waals surface area contributed by atoms with Crippen LogP contribution in [0.15, 0.2) is 18.2 Å². The van der Waals surface area contributed by atoms with Crippen molar-refractivity contribution in [2.24, 2.45) is 5.92 Å². The summed E-state index contributed by atoms with van der Waals surface area (Å²) in [6, 6.07) is 4.11. The van der Waals surface area contributed by atoms with Crippen molar-refractivity contribution in [3.05, 3.63) is 34.3 Å². The van der Waals surface area contributed by atoms with Crippen molar-refractivity contribution in [3.8, 4) is 0 Å². The third-order valence-corrected chi connectivity index (χ3v) is 3.23. The van der Waals surface area contributed by atoms with Crippen molar-refractivity contribution in [2.45, 2.75) is 33.2 Å². The topological polar surface area (TPSA) is 66.4 Å². The lowest BCUT2D eigenvalue weighted by molar-refractivity contribution is -0.139. The lowest BCUT2D eigenvalue weighted by Crippen LogP contribution is -2.41. The predicted octanol–water partition coefficient (Wildman–Crippen LogP) is 2.88. The van der Waals surface area contributed by atoms with Gasteiger partial charge >= 0.3 is 5.97 Å². The molecule has 1 amide bonds. The number of rotatable bonds is 5. The Bertz CT molecular complexity index is 486. The van der Waals surface area contributed by atoms with Crippen molar-refractivity contribution in [3.63, 3.8) is 0 Å². The number of benzene rings is 1. The van der Waals surface area contributed by atoms with E-state index in [1.54, 1.807) is 25.1 Å². The molecule has 1 aromatic rings. The maximum Gasteiger partial charge on any atom is 0.326 e. The van der Waals surface area contributed by atoms with Gasteiger partial charge in [0.1, 0.15) is 6.04 Å². The first-order valence-electron chi connectivity index (χ1n) is 6.11. The van der Waals surface area contributed by atoms with Crippen molar-refractivity contribution in [1.82, 2.24) is 5.32 Å². The summed E-state index contributed by atoms with van der Waals surface area (Å²) in [4.78, 5) is 23.2. The molecular weight excluding hydrogens is 266 g/mol. The fourth-order valence-electron chi connectivity index (χ4n) is 1.78. The summed E-state index contributed by atoms with van der Waals surface area (Å²) in [5.74, 6) is -1.25. The fraction of sp³-hybridized carbons (Fsp3) is 0.429. The second-order valence-electron chi connectivity index (χ2n) is 4.91. The van der Waals surface area contributed by atoms with Crippen LogP contribution in [0.4, 0.5) is 0 Å². The lowest BCUT2D eigenvalue weighted by atomic mass is 10.0. The number of amides is 1. The van der Waals surface area contributed by atoms with Gasteiger partial charge < -0.3 is 10.4 Å². The summed E-state index contributed by atoms with van der Waals surface area (Å²) in [5, 5.41) is 12.1. The summed E-state index contributed by atoms with van der Waals surface area (Å²) in [6.07, 6.45) is 0.390. The number of carbonyl (C=O) groups is 2. The van der Waals surface area contributed by atoms with E-state index in [1.165, 1.54) is 0 Å². The number of carboxylic acids is 1. The molecule has 0 aliphatic carbocycles. The number of hydrogen-bond acceptors (Lipinski definition) is 2. The first-order valence-corrected chi connectivity index (χ1v) is 6.49. The Morgan fingerprint density at radius 2 is 2.00 bits per heavy atom. The summed E-state index contributed by atoms with van der Waals surface area (Å²) in [5.41, 5.74) is 1.05. The summed E-state index contributed by atoms with van der Waals surface area (Å²) in [7, 11) is 0. The summed E-state index contributed by atoms with van der Waals surface area (Å²) < 4.78 is 0. The van der Waals surface area contributed by atoms with E-state index in [2.05, 4.69) is 5.32 Å². The third-order valence-electron chi connectivity index (χ3n) is 2.82. The molecule has 0 saturated heterocycles. The molecule has 0 spiro atoms. The Hall–Kier alpha value is -1.55. The minimum absolute atomic E-state index is 0.182. The van der Waals surface area contributed by atoms with E-state index in [0.717, 1.165) is 0 Å². The molecule has 0 fully saturated rings. The van der Waals surface area contributed by atoms with Gasteiger partial charge in [-0.25, -0.2) is 4.79 Å². The van der Waals surface area contributed by atoms with E-state index in [1.807, 2.05) is 13.8 Å². The molecule has 5 heteroatoms. The molecule has 1 rings (SSSR count). The number of carbonyl (C=O) groups excluding carboxylic acids is 1. The summed E-state index contributed by atoms with van der Waals surface area (Å²) in [6.45, 7) is 5.55. The van der Waals surface area contributed by atoms with Gasteiger partial charge in [0.05, 0.1) is 0 Å². The number of aliphatic carboxylic acids is 1. The first-order chi connectivity index (χ1) is 8.82. The monoisotopic (exact) mass is 283 g/mol. The second kappa shape index (κ2) is 6.57. The molecule has 19 heavy (non-hydrogen) atoms. The standard InChI is InChI=1S/C14H18ClNO3/c1-8(2)7-12(14(18)19)16-13(17)10-5-4-6-11(15)9(10)3/h4-6,8,12H,7H2,1-3H3,(H,16,17)(H,18,19)/t12-/m0/s1. The van der Waals surface area contributed by atoms with Crippen LogP contribution in [-0.2, 0) is 4.79 Å². The largest absolute Gasteiger partial charge is 0.480 e. The Balaban J connectivity index is 2.88. The molecule has 0 aliphatic rings. The Morgan fingerprint density at radius 3 is 2.53 bits per heavy atom. The fourth-order valence-corrected chi connectivity index (χ4v) is 1.96. The normalized spacial score (nSPS) is 12.3. The van der Waals surface area contributed by atoms with E-state index >= 15 is 0 Å². The van der Waals surface area contributed by atoms with Crippen LogP contribution < -0.4 is 5.32 Å². The predicted molar refractivity (Wildman–Crippen MR) is 74.5 cm³/mol. The highest BCUT2D eigenvalue weighted by Gasteiger charge is 2.22. The first kappa shape index (κ1) is 15.5. The van der Waals surface area contributed by atoms with Gasteiger partial charge in [-0.1, -0.05) is 31.5 Å². The van der Waals surface area contributed by atoms with Crippen molar-refractivity contribution < 1.29 is 14.7 Å². The molecule has 0 radical (unpaired) electrons. The smallest absolute Gasteiger partial charge is 0.326 e. The summed E-state index contributed by atoms with van der Waals surface area (Å²) >= 11 is 5.95. The molecule has 104 valence electrons. The second-order valence-corrected chi connectivity index (χ2v) is 5.31. The maximum absolute atomic E-state index is 12.1. The SMILES string of the molecule is Cc1c(Cl)cccc1C(=O)N[C@@H](CC(C)C)C(=O)O. The highest BCUT2D eigenvalue weighted by atomic mass is 35.5.